The molecule has 2 aromatic heterocycles. The van der Waals surface area contributed by atoms with E-state index < -0.39 is 49.7 Å². The first-order valence-corrected chi connectivity index (χ1v) is 11.6. The van der Waals surface area contributed by atoms with Crippen LogP contribution in [-0.2, 0) is 13.1 Å². The SMILES string of the molecule is O=C(NCC(F)(F)F)c1ccccc1-n1cnc(Cn2nc(-c3ccc(Cl)cc3)n(C[C@H](O)C(F)(F)F)c2=O)n1. The third-order valence-electron chi connectivity index (χ3n) is 5.43. The van der Waals surface area contributed by atoms with E-state index in [0.717, 1.165) is 15.7 Å². The molecule has 2 N–H and O–H groups in total. The maximum absolute atomic E-state index is 13.1. The Labute approximate surface area is 225 Å². The van der Waals surface area contributed by atoms with Crippen LogP contribution in [0.25, 0.3) is 17.1 Å². The number of aliphatic hydroxyl groups is 1. The molecule has 10 nitrogen and oxygen atoms in total. The summed E-state index contributed by atoms with van der Waals surface area (Å²) in [6.07, 6.45) is -11.3. The average Bonchev–Trinajstić information content (AvgIpc) is 3.47. The van der Waals surface area contributed by atoms with Crippen LogP contribution in [0.4, 0.5) is 26.3 Å². The predicted molar refractivity (Wildman–Crippen MR) is 128 cm³/mol. The second kappa shape index (κ2) is 11.1. The number of halogens is 7. The van der Waals surface area contributed by atoms with E-state index in [2.05, 4.69) is 15.2 Å². The topological polar surface area (TPSA) is 120 Å². The van der Waals surface area contributed by atoms with Crippen LogP contribution in [0.15, 0.2) is 59.7 Å². The van der Waals surface area contributed by atoms with Gasteiger partial charge in [0.15, 0.2) is 17.8 Å². The van der Waals surface area contributed by atoms with Gasteiger partial charge in [-0.25, -0.2) is 19.1 Å². The van der Waals surface area contributed by atoms with Crippen LogP contribution in [0, 0.1) is 0 Å². The summed E-state index contributed by atoms with van der Waals surface area (Å²) in [7, 11) is 0. The molecule has 212 valence electrons. The molecule has 40 heavy (non-hydrogen) atoms. The average molecular weight is 590 g/mol. The number of hydrogen-bond acceptors (Lipinski definition) is 6. The number of carbonyl (C=O) groups excluding carboxylic acids is 1. The van der Waals surface area contributed by atoms with E-state index in [1.54, 1.807) is 5.32 Å². The van der Waals surface area contributed by atoms with Gasteiger partial charge >= 0.3 is 18.0 Å². The molecule has 0 bridgehead atoms. The smallest absolute Gasteiger partial charge is 0.382 e. The van der Waals surface area contributed by atoms with Gasteiger partial charge in [-0.2, -0.15) is 26.3 Å². The summed E-state index contributed by atoms with van der Waals surface area (Å²) in [6, 6.07) is 11.4. The number of alkyl halides is 6. The first-order chi connectivity index (χ1) is 18.7. The third-order valence-corrected chi connectivity index (χ3v) is 5.69. The van der Waals surface area contributed by atoms with Gasteiger partial charge < -0.3 is 10.4 Å². The van der Waals surface area contributed by atoms with Crippen LogP contribution in [-0.4, -0.2) is 65.1 Å². The summed E-state index contributed by atoms with van der Waals surface area (Å²) in [5.41, 5.74) is -0.826. The monoisotopic (exact) mass is 589 g/mol. The van der Waals surface area contributed by atoms with Gasteiger partial charge in [-0.15, -0.1) is 10.2 Å². The first kappa shape index (κ1) is 28.8. The Bertz CT molecular complexity index is 1560. The Balaban J connectivity index is 1.65. The van der Waals surface area contributed by atoms with Gasteiger partial charge in [0.1, 0.15) is 19.4 Å². The second-order valence-electron chi connectivity index (χ2n) is 8.36. The Morgan fingerprint density at radius 3 is 2.35 bits per heavy atom. The van der Waals surface area contributed by atoms with Gasteiger partial charge in [-0.3, -0.25) is 9.36 Å². The maximum atomic E-state index is 13.1. The molecule has 0 saturated heterocycles. The zero-order chi connectivity index (χ0) is 29.2. The van der Waals surface area contributed by atoms with E-state index >= 15 is 0 Å². The number of aliphatic hydroxyl groups excluding tert-OH is 1. The van der Waals surface area contributed by atoms with Gasteiger partial charge in [0.25, 0.3) is 5.91 Å². The van der Waals surface area contributed by atoms with Crippen molar-refractivity contribution in [3.8, 4) is 17.1 Å². The minimum Gasteiger partial charge on any atom is -0.382 e. The first-order valence-electron chi connectivity index (χ1n) is 11.3. The van der Waals surface area contributed by atoms with Crippen LogP contribution in [0.5, 0.6) is 0 Å². The number of benzene rings is 2. The number of aromatic nitrogens is 6. The van der Waals surface area contributed by atoms with E-state index in [4.69, 9.17) is 11.6 Å². The number of amides is 1. The lowest BCUT2D eigenvalue weighted by atomic mass is 10.1. The minimum absolute atomic E-state index is 0.0590. The molecule has 17 heteroatoms. The van der Waals surface area contributed by atoms with Gasteiger partial charge in [-0.1, -0.05) is 23.7 Å². The summed E-state index contributed by atoms with van der Waals surface area (Å²) in [4.78, 5) is 29.4. The normalized spacial score (nSPS) is 12.9. The van der Waals surface area contributed by atoms with Crippen molar-refractivity contribution in [3.05, 3.63) is 81.8 Å². The van der Waals surface area contributed by atoms with Crippen molar-refractivity contribution in [2.24, 2.45) is 0 Å². The van der Waals surface area contributed by atoms with Crippen LogP contribution >= 0.6 is 11.6 Å². The summed E-state index contributed by atoms with van der Waals surface area (Å²) in [6.45, 7) is -3.11. The molecular formula is C23H18ClF6N7O3. The summed E-state index contributed by atoms with van der Waals surface area (Å²) >= 11 is 5.87. The van der Waals surface area contributed by atoms with Crippen molar-refractivity contribution in [1.82, 2.24) is 34.4 Å². The molecule has 4 rings (SSSR count). The lowest BCUT2D eigenvalue weighted by Crippen LogP contribution is -2.37. The highest BCUT2D eigenvalue weighted by molar-refractivity contribution is 6.30. The quantitative estimate of drug-likeness (QED) is 0.305. The molecule has 0 aliphatic carbocycles. The summed E-state index contributed by atoms with van der Waals surface area (Å²) in [5, 5.41) is 19.9. The molecule has 0 unspecified atom stereocenters. The van der Waals surface area contributed by atoms with Gasteiger partial charge in [0.2, 0.25) is 0 Å². The molecule has 0 aliphatic rings. The van der Waals surface area contributed by atoms with Crippen LogP contribution < -0.4 is 11.0 Å². The zero-order valence-corrected chi connectivity index (χ0v) is 20.7. The van der Waals surface area contributed by atoms with E-state index in [-0.39, 0.29) is 28.5 Å². The number of carbonyl (C=O) groups is 1. The lowest BCUT2D eigenvalue weighted by Gasteiger charge is -2.15. The molecule has 2 heterocycles. The number of para-hydroxylation sites is 1. The largest absolute Gasteiger partial charge is 0.416 e. The Morgan fingerprint density at radius 2 is 1.70 bits per heavy atom. The van der Waals surface area contributed by atoms with E-state index in [9.17, 15) is 41.0 Å². The highest BCUT2D eigenvalue weighted by Gasteiger charge is 2.39. The second-order valence-corrected chi connectivity index (χ2v) is 8.80. The van der Waals surface area contributed by atoms with E-state index in [0.29, 0.717) is 9.59 Å². The fourth-order valence-corrected chi connectivity index (χ4v) is 3.68. The fraction of sp³-hybridized carbons (Fsp3) is 0.261. The van der Waals surface area contributed by atoms with Crippen molar-refractivity contribution in [3.63, 3.8) is 0 Å². The van der Waals surface area contributed by atoms with Crippen molar-refractivity contribution < 1.29 is 36.2 Å². The highest BCUT2D eigenvalue weighted by Crippen LogP contribution is 2.24. The number of nitrogens with one attached hydrogen (secondary N) is 1. The van der Waals surface area contributed by atoms with Crippen molar-refractivity contribution >= 4 is 17.5 Å². The lowest BCUT2D eigenvalue weighted by molar-refractivity contribution is -0.207. The summed E-state index contributed by atoms with van der Waals surface area (Å²) in [5.74, 6) is -1.26. The minimum atomic E-state index is -5.00. The fourth-order valence-electron chi connectivity index (χ4n) is 3.56. The summed E-state index contributed by atoms with van der Waals surface area (Å²) < 4.78 is 79.3. The van der Waals surface area contributed by atoms with Crippen LogP contribution in [0.3, 0.4) is 0 Å². The molecule has 0 radical (unpaired) electrons. The Hall–Kier alpha value is -4.18. The van der Waals surface area contributed by atoms with Crippen molar-refractivity contribution in [2.45, 2.75) is 31.5 Å². The molecule has 1 atom stereocenters. The predicted octanol–water partition coefficient (Wildman–Crippen LogP) is 3.21. The maximum Gasteiger partial charge on any atom is 0.416 e. The molecular weight excluding hydrogens is 572 g/mol. The van der Waals surface area contributed by atoms with E-state index in [1.165, 1.54) is 48.5 Å². The van der Waals surface area contributed by atoms with Crippen molar-refractivity contribution in [1.29, 1.82) is 0 Å². The Kier molecular flexibility index (Phi) is 8.02. The molecule has 2 aromatic carbocycles. The van der Waals surface area contributed by atoms with Crippen molar-refractivity contribution in [2.75, 3.05) is 6.54 Å². The molecule has 0 saturated carbocycles. The molecule has 4 aromatic rings. The van der Waals surface area contributed by atoms with Gasteiger partial charge in [-0.05, 0) is 36.4 Å². The molecule has 0 spiro atoms. The van der Waals surface area contributed by atoms with E-state index in [1.807, 2.05) is 0 Å². The van der Waals surface area contributed by atoms with Crippen LogP contribution in [0.2, 0.25) is 5.02 Å². The highest BCUT2D eigenvalue weighted by atomic mass is 35.5. The zero-order valence-electron chi connectivity index (χ0n) is 20.0. The molecule has 1 amide bonds. The molecule has 0 fully saturated rings. The Morgan fingerprint density at radius 1 is 1.02 bits per heavy atom. The number of rotatable bonds is 8. The van der Waals surface area contributed by atoms with Gasteiger partial charge in [0.05, 0.1) is 17.8 Å². The van der Waals surface area contributed by atoms with Crippen LogP contribution in [0.1, 0.15) is 16.2 Å². The standard InChI is InChI=1S/C23H18ClF6N7O3/c24-14-7-5-13(6-8-14)19-34-36(21(40)35(19)9-17(38)23(28,29)30)10-18-32-12-37(33-18)16-4-2-1-3-15(16)20(39)31-11-22(25,26)27/h1-8,12,17,38H,9-11H2,(H,31,39)/t17-/m0/s1. The number of hydrogen-bond donors (Lipinski definition) is 2. The molecule has 0 aliphatic heterocycles. The van der Waals surface area contributed by atoms with Gasteiger partial charge in [0, 0.05) is 10.6 Å². The number of nitrogens with zero attached hydrogens (tertiary/aromatic N) is 6. The third kappa shape index (κ3) is 6.69.